The lowest BCUT2D eigenvalue weighted by molar-refractivity contribution is 0.328. The summed E-state index contributed by atoms with van der Waals surface area (Å²) in [5, 5.41) is 2.28. The number of unbranched alkanes of at least 4 members (excludes halogenated alkanes) is 5. The first-order chi connectivity index (χ1) is 13.8. The van der Waals surface area contributed by atoms with Crippen molar-refractivity contribution in [1.82, 2.24) is 0 Å². The highest BCUT2D eigenvalue weighted by atomic mass is 16.5. The van der Waals surface area contributed by atoms with Crippen LogP contribution in [-0.4, -0.2) is 14.2 Å². The van der Waals surface area contributed by atoms with Gasteiger partial charge < -0.3 is 9.47 Å². The summed E-state index contributed by atoms with van der Waals surface area (Å²) in [4.78, 5) is 0. The second-order valence-electron chi connectivity index (χ2n) is 8.48. The maximum atomic E-state index is 5.77. The van der Waals surface area contributed by atoms with Crippen LogP contribution in [0.5, 0.6) is 11.5 Å². The Morgan fingerprint density at radius 2 is 1.46 bits per heavy atom. The van der Waals surface area contributed by atoms with E-state index in [1.54, 1.807) is 14.2 Å². The van der Waals surface area contributed by atoms with Crippen LogP contribution < -0.4 is 9.47 Å². The summed E-state index contributed by atoms with van der Waals surface area (Å²) in [5.74, 6) is 3.02. The fraction of sp³-hybridized carbons (Fsp3) is 0.615. The molecule has 0 atom stereocenters. The second kappa shape index (κ2) is 11.3. The maximum absolute atomic E-state index is 5.77. The Morgan fingerprint density at radius 1 is 0.786 bits per heavy atom. The Balaban J connectivity index is 1.41. The second-order valence-corrected chi connectivity index (χ2v) is 8.48. The highest BCUT2D eigenvalue weighted by Gasteiger charge is 2.13. The fourth-order valence-electron chi connectivity index (χ4n) is 4.90. The van der Waals surface area contributed by atoms with Gasteiger partial charge in [0.05, 0.1) is 14.2 Å². The molecule has 0 spiro atoms. The van der Waals surface area contributed by atoms with Gasteiger partial charge >= 0.3 is 0 Å². The zero-order valence-electron chi connectivity index (χ0n) is 18.0. The smallest absolute Gasteiger partial charge is 0.130 e. The van der Waals surface area contributed by atoms with Gasteiger partial charge in [0.2, 0.25) is 0 Å². The number of methoxy groups -OCH3 is 2. The largest absolute Gasteiger partial charge is 0.496 e. The van der Waals surface area contributed by atoms with Crippen molar-refractivity contribution >= 4 is 10.8 Å². The van der Waals surface area contributed by atoms with Crippen molar-refractivity contribution in [2.75, 3.05) is 14.2 Å². The minimum Gasteiger partial charge on any atom is -0.496 e. The Bertz CT molecular complexity index is 716. The number of hydrogen-bond donors (Lipinski definition) is 0. The van der Waals surface area contributed by atoms with E-state index < -0.39 is 0 Å². The molecule has 1 aliphatic rings. The normalized spacial score (nSPS) is 15.1. The van der Waals surface area contributed by atoms with Crippen LogP contribution >= 0.6 is 0 Å². The Kier molecular flexibility index (Phi) is 8.51. The molecule has 2 aromatic rings. The highest BCUT2D eigenvalue weighted by Crippen LogP contribution is 2.37. The van der Waals surface area contributed by atoms with Crippen LogP contribution in [0.2, 0.25) is 0 Å². The lowest BCUT2D eigenvalue weighted by Crippen LogP contribution is -2.05. The molecule has 0 unspecified atom stereocenters. The molecule has 0 aliphatic heterocycles. The molecule has 1 saturated carbocycles. The van der Waals surface area contributed by atoms with Crippen molar-refractivity contribution in [3.8, 4) is 11.5 Å². The Labute approximate surface area is 171 Å². The lowest BCUT2D eigenvalue weighted by atomic mass is 9.85. The highest BCUT2D eigenvalue weighted by molar-refractivity contribution is 5.94. The number of benzene rings is 2. The summed E-state index contributed by atoms with van der Waals surface area (Å²) in [6, 6.07) is 10.5. The number of rotatable bonds is 11. The molecule has 28 heavy (non-hydrogen) atoms. The average Bonchev–Trinajstić information content (AvgIpc) is 2.75. The monoisotopic (exact) mass is 382 g/mol. The molecule has 0 bridgehead atoms. The van der Waals surface area contributed by atoms with E-state index in [9.17, 15) is 0 Å². The van der Waals surface area contributed by atoms with Crippen molar-refractivity contribution in [2.24, 2.45) is 5.92 Å². The maximum Gasteiger partial charge on any atom is 0.130 e. The quantitative estimate of drug-likeness (QED) is 0.370. The van der Waals surface area contributed by atoms with Gasteiger partial charge in [-0.3, -0.25) is 0 Å². The molecule has 3 rings (SSSR count). The first-order valence-electron chi connectivity index (χ1n) is 11.5. The summed E-state index contributed by atoms with van der Waals surface area (Å²) in [6.07, 6.45) is 18.1. The van der Waals surface area contributed by atoms with Gasteiger partial charge in [-0.05, 0) is 30.4 Å². The minimum atomic E-state index is 0.953. The number of ether oxygens (including phenoxy) is 2. The van der Waals surface area contributed by atoms with Crippen LogP contribution in [0.15, 0.2) is 30.3 Å². The van der Waals surface area contributed by atoms with Gasteiger partial charge in [0.25, 0.3) is 0 Å². The SMILES string of the molecule is COc1cc(CCCCCCCCC2CCCCC2)c(OC)c2ccccc12. The molecule has 0 radical (unpaired) electrons. The van der Waals surface area contributed by atoms with Crippen molar-refractivity contribution in [2.45, 2.75) is 83.5 Å². The van der Waals surface area contributed by atoms with Crippen LogP contribution in [0.1, 0.15) is 82.6 Å². The zero-order valence-corrected chi connectivity index (χ0v) is 18.0. The predicted molar refractivity (Wildman–Crippen MR) is 120 cm³/mol. The number of hydrogen-bond acceptors (Lipinski definition) is 2. The molecule has 2 nitrogen and oxygen atoms in total. The van der Waals surface area contributed by atoms with Crippen LogP contribution in [-0.2, 0) is 6.42 Å². The van der Waals surface area contributed by atoms with E-state index >= 15 is 0 Å². The molecule has 2 heteroatoms. The third-order valence-electron chi connectivity index (χ3n) is 6.49. The van der Waals surface area contributed by atoms with Gasteiger partial charge in [0.15, 0.2) is 0 Å². The van der Waals surface area contributed by atoms with E-state index in [2.05, 4.69) is 30.3 Å². The van der Waals surface area contributed by atoms with Gasteiger partial charge in [0, 0.05) is 10.8 Å². The molecule has 1 fully saturated rings. The summed E-state index contributed by atoms with van der Waals surface area (Å²) in [6.45, 7) is 0. The number of fused-ring (bicyclic) bond motifs is 1. The van der Waals surface area contributed by atoms with Crippen molar-refractivity contribution in [3.05, 3.63) is 35.9 Å². The standard InChI is InChI=1S/C26H38O2/c1-27-25-20-22(26(28-2)24-19-13-12-18-23(24)25)17-11-6-4-3-5-8-14-21-15-9-7-10-16-21/h12-13,18-21H,3-11,14-17H2,1-2H3. The molecular formula is C26H38O2. The van der Waals surface area contributed by atoms with E-state index in [0.29, 0.717) is 0 Å². The van der Waals surface area contributed by atoms with Gasteiger partial charge in [-0.15, -0.1) is 0 Å². The molecule has 154 valence electrons. The summed E-state index contributed by atoms with van der Waals surface area (Å²) < 4.78 is 11.4. The molecule has 0 aromatic heterocycles. The molecule has 0 N–H and O–H groups in total. The summed E-state index contributed by atoms with van der Waals surface area (Å²) in [7, 11) is 3.54. The topological polar surface area (TPSA) is 18.5 Å². The van der Waals surface area contributed by atoms with Gasteiger partial charge in [-0.2, -0.15) is 0 Å². The van der Waals surface area contributed by atoms with Crippen molar-refractivity contribution in [1.29, 1.82) is 0 Å². The van der Waals surface area contributed by atoms with Gasteiger partial charge in [-0.25, -0.2) is 0 Å². The van der Waals surface area contributed by atoms with Crippen LogP contribution in [0, 0.1) is 5.92 Å². The summed E-state index contributed by atoms with van der Waals surface area (Å²) >= 11 is 0. The molecule has 1 aliphatic carbocycles. The molecular weight excluding hydrogens is 344 g/mol. The van der Waals surface area contributed by atoms with E-state index in [0.717, 1.165) is 34.6 Å². The first kappa shape index (κ1) is 21.0. The fourth-order valence-corrected chi connectivity index (χ4v) is 4.90. The molecule has 0 heterocycles. The van der Waals surface area contributed by atoms with E-state index in [-0.39, 0.29) is 0 Å². The lowest BCUT2D eigenvalue weighted by Gasteiger charge is -2.21. The minimum absolute atomic E-state index is 0.953. The van der Waals surface area contributed by atoms with Crippen LogP contribution in [0.3, 0.4) is 0 Å². The van der Waals surface area contributed by atoms with Crippen molar-refractivity contribution in [3.63, 3.8) is 0 Å². The van der Waals surface area contributed by atoms with Crippen LogP contribution in [0.25, 0.3) is 10.8 Å². The van der Waals surface area contributed by atoms with E-state index in [1.807, 2.05) is 0 Å². The predicted octanol–water partition coefficient (Wildman–Crippen LogP) is 7.71. The van der Waals surface area contributed by atoms with E-state index in [1.165, 1.54) is 82.6 Å². The molecule has 0 amide bonds. The Hall–Kier alpha value is -1.70. The zero-order chi connectivity index (χ0) is 19.6. The van der Waals surface area contributed by atoms with Crippen molar-refractivity contribution < 1.29 is 9.47 Å². The van der Waals surface area contributed by atoms with Gasteiger partial charge in [0.1, 0.15) is 11.5 Å². The van der Waals surface area contributed by atoms with E-state index in [4.69, 9.17) is 9.47 Å². The average molecular weight is 383 g/mol. The van der Waals surface area contributed by atoms with Crippen LogP contribution in [0.4, 0.5) is 0 Å². The first-order valence-corrected chi connectivity index (χ1v) is 11.5. The molecule has 0 saturated heterocycles. The summed E-state index contributed by atoms with van der Waals surface area (Å²) in [5.41, 5.74) is 1.27. The van der Waals surface area contributed by atoms with Gasteiger partial charge in [-0.1, -0.05) is 94.9 Å². The molecule has 2 aromatic carbocycles. The number of aryl methyl sites for hydroxylation is 1. The third-order valence-corrected chi connectivity index (χ3v) is 6.49. The Morgan fingerprint density at radius 3 is 2.18 bits per heavy atom. The third kappa shape index (κ3) is 5.65.